The molecule has 0 bridgehead atoms. The van der Waals surface area contributed by atoms with Crippen molar-refractivity contribution >= 4 is 29.3 Å². The zero-order valence-electron chi connectivity index (χ0n) is 16.1. The summed E-state index contributed by atoms with van der Waals surface area (Å²) >= 11 is 1.34. The molecule has 0 aliphatic heterocycles. The van der Waals surface area contributed by atoms with Gasteiger partial charge in [-0.15, -0.1) is 0 Å². The summed E-state index contributed by atoms with van der Waals surface area (Å²) in [6.45, 7) is 1.79. The maximum Gasteiger partial charge on any atom is 0.251 e. The topological polar surface area (TPSA) is 76.0 Å². The van der Waals surface area contributed by atoms with Crippen molar-refractivity contribution in [2.45, 2.75) is 18.1 Å². The van der Waals surface area contributed by atoms with Crippen LogP contribution in [0.4, 0.5) is 10.1 Å². The SMILES string of the molecule is CC(NC(=O)c1ccc(NC(=O)CSc2nccn2C)cc1)c1cccc(F)c1. The number of nitrogens with zero attached hydrogens (tertiary/aromatic N) is 2. The molecule has 0 saturated heterocycles. The van der Waals surface area contributed by atoms with Crippen LogP contribution in [0, 0.1) is 5.82 Å². The number of aryl methyl sites for hydroxylation is 1. The van der Waals surface area contributed by atoms with Crippen LogP contribution in [-0.4, -0.2) is 27.1 Å². The molecule has 150 valence electrons. The number of hydrogen-bond donors (Lipinski definition) is 2. The Labute approximate surface area is 172 Å². The van der Waals surface area contributed by atoms with E-state index in [-0.39, 0.29) is 29.4 Å². The number of thioether (sulfide) groups is 1. The van der Waals surface area contributed by atoms with Gasteiger partial charge in [-0.2, -0.15) is 0 Å². The molecule has 0 spiro atoms. The number of amides is 2. The van der Waals surface area contributed by atoms with E-state index in [4.69, 9.17) is 0 Å². The maximum absolute atomic E-state index is 13.3. The second-order valence-electron chi connectivity index (χ2n) is 6.49. The number of anilines is 1. The van der Waals surface area contributed by atoms with Crippen molar-refractivity contribution < 1.29 is 14.0 Å². The van der Waals surface area contributed by atoms with Crippen molar-refractivity contribution in [3.05, 3.63) is 77.9 Å². The Hall–Kier alpha value is -3.13. The summed E-state index contributed by atoms with van der Waals surface area (Å²) < 4.78 is 15.2. The van der Waals surface area contributed by atoms with Gasteiger partial charge in [-0.25, -0.2) is 9.37 Å². The fraction of sp³-hybridized carbons (Fsp3) is 0.190. The van der Waals surface area contributed by atoms with Crippen LogP contribution in [0.2, 0.25) is 0 Å². The van der Waals surface area contributed by atoms with E-state index >= 15 is 0 Å². The zero-order valence-corrected chi connectivity index (χ0v) is 16.9. The minimum absolute atomic E-state index is 0.157. The van der Waals surface area contributed by atoms with Crippen LogP contribution in [-0.2, 0) is 11.8 Å². The third kappa shape index (κ3) is 5.68. The Kier molecular flexibility index (Phi) is 6.66. The quantitative estimate of drug-likeness (QED) is 0.579. The highest BCUT2D eigenvalue weighted by atomic mass is 32.2. The van der Waals surface area contributed by atoms with Crippen LogP contribution in [0.1, 0.15) is 28.9 Å². The summed E-state index contributed by atoms with van der Waals surface area (Å²) in [6.07, 6.45) is 3.50. The van der Waals surface area contributed by atoms with Crippen LogP contribution in [0.3, 0.4) is 0 Å². The molecule has 3 rings (SSSR count). The first-order chi connectivity index (χ1) is 13.9. The maximum atomic E-state index is 13.3. The molecule has 2 N–H and O–H groups in total. The van der Waals surface area contributed by atoms with Crippen LogP contribution in [0.5, 0.6) is 0 Å². The monoisotopic (exact) mass is 412 g/mol. The van der Waals surface area contributed by atoms with E-state index < -0.39 is 0 Å². The van der Waals surface area contributed by atoms with Gasteiger partial charge >= 0.3 is 0 Å². The predicted molar refractivity (Wildman–Crippen MR) is 111 cm³/mol. The Bertz CT molecular complexity index is 1000. The Morgan fingerprint density at radius 1 is 1.21 bits per heavy atom. The first kappa shape index (κ1) is 20.6. The second-order valence-corrected chi connectivity index (χ2v) is 7.43. The summed E-state index contributed by atoms with van der Waals surface area (Å²) in [5.74, 6) is -0.539. The highest BCUT2D eigenvalue weighted by molar-refractivity contribution is 7.99. The second kappa shape index (κ2) is 9.38. The number of rotatable bonds is 7. The normalized spacial score (nSPS) is 11.7. The zero-order chi connectivity index (χ0) is 20.8. The highest BCUT2D eigenvalue weighted by Gasteiger charge is 2.12. The number of benzene rings is 2. The Morgan fingerprint density at radius 3 is 2.62 bits per heavy atom. The number of aromatic nitrogens is 2. The smallest absolute Gasteiger partial charge is 0.251 e. The molecule has 1 unspecified atom stereocenters. The average Bonchev–Trinajstić information content (AvgIpc) is 3.11. The van der Waals surface area contributed by atoms with Crippen molar-refractivity contribution in [3.63, 3.8) is 0 Å². The van der Waals surface area contributed by atoms with Gasteiger partial charge < -0.3 is 15.2 Å². The molecular weight excluding hydrogens is 391 g/mol. The number of imidazole rings is 1. The highest BCUT2D eigenvalue weighted by Crippen LogP contribution is 2.17. The minimum atomic E-state index is -0.343. The van der Waals surface area contributed by atoms with Crippen molar-refractivity contribution in [2.75, 3.05) is 11.1 Å². The number of hydrogen-bond acceptors (Lipinski definition) is 4. The number of carbonyl (C=O) groups excluding carboxylic acids is 2. The molecular formula is C21H21FN4O2S. The lowest BCUT2D eigenvalue weighted by Crippen LogP contribution is -2.26. The van der Waals surface area contributed by atoms with E-state index in [0.717, 1.165) is 5.16 Å². The summed E-state index contributed by atoms with van der Waals surface area (Å²) in [5.41, 5.74) is 1.74. The molecule has 0 aliphatic rings. The van der Waals surface area contributed by atoms with Gasteiger partial charge in [0.15, 0.2) is 5.16 Å². The molecule has 2 aromatic carbocycles. The predicted octanol–water partition coefficient (Wildman–Crippen LogP) is 3.78. The summed E-state index contributed by atoms with van der Waals surface area (Å²) in [4.78, 5) is 28.7. The van der Waals surface area contributed by atoms with Gasteiger partial charge in [0, 0.05) is 30.7 Å². The van der Waals surface area contributed by atoms with Gasteiger partial charge in [-0.1, -0.05) is 23.9 Å². The van der Waals surface area contributed by atoms with Gasteiger partial charge in [0.05, 0.1) is 11.8 Å². The van der Waals surface area contributed by atoms with Gasteiger partial charge in [0.2, 0.25) is 5.91 Å². The number of carbonyl (C=O) groups is 2. The molecule has 0 aliphatic carbocycles. The van der Waals surface area contributed by atoms with E-state index in [9.17, 15) is 14.0 Å². The van der Waals surface area contributed by atoms with Crippen molar-refractivity contribution in [1.82, 2.24) is 14.9 Å². The molecule has 0 radical (unpaired) electrons. The first-order valence-corrected chi connectivity index (χ1v) is 9.97. The van der Waals surface area contributed by atoms with Crippen LogP contribution >= 0.6 is 11.8 Å². The molecule has 1 atom stereocenters. The lowest BCUT2D eigenvalue weighted by atomic mass is 10.1. The van der Waals surface area contributed by atoms with E-state index in [1.54, 1.807) is 49.5 Å². The standard InChI is InChI=1S/C21H21FN4O2S/c1-14(16-4-3-5-17(22)12-16)24-20(28)15-6-8-18(9-7-15)25-19(27)13-29-21-23-10-11-26(21)2/h3-12,14H,13H2,1-2H3,(H,24,28)(H,25,27). The molecule has 0 fully saturated rings. The minimum Gasteiger partial charge on any atom is -0.346 e. The van der Waals surface area contributed by atoms with Gasteiger partial charge in [0.25, 0.3) is 5.91 Å². The molecule has 2 amide bonds. The number of halogens is 1. The number of nitrogens with one attached hydrogen (secondary N) is 2. The fourth-order valence-electron chi connectivity index (χ4n) is 2.66. The molecule has 1 heterocycles. The molecule has 6 nitrogen and oxygen atoms in total. The third-order valence-corrected chi connectivity index (χ3v) is 5.29. The van der Waals surface area contributed by atoms with Crippen LogP contribution < -0.4 is 10.6 Å². The molecule has 0 saturated carbocycles. The average molecular weight is 412 g/mol. The van der Waals surface area contributed by atoms with E-state index in [2.05, 4.69) is 15.6 Å². The van der Waals surface area contributed by atoms with Gasteiger partial charge in [0.1, 0.15) is 5.82 Å². The fourth-order valence-corrected chi connectivity index (χ4v) is 3.39. The van der Waals surface area contributed by atoms with E-state index in [1.165, 1.54) is 23.9 Å². The van der Waals surface area contributed by atoms with Crippen molar-refractivity contribution in [2.24, 2.45) is 7.05 Å². The van der Waals surface area contributed by atoms with Crippen molar-refractivity contribution in [3.8, 4) is 0 Å². The van der Waals surface area contributed by atoms with Crippen LogP contribution in [0.25, 0.3) is 0 Å². The third-order valence-electron chi connectivity index (χ3n) is 4.24. The Morgan fingerprint density at radius 2 is 1.97 bits per heavy atom. The van der Waals surface area contributed by atoms with E-state index in [1.807, 2.05) is 17.8 Å². The Balaban J connectivity index is 1.53. The molecule has 1 aromatic heterocycles. The largest absolute Gasteiger partial charge is 0.346 e. The molecule has 8 heteroatoms. The van der Waals surface area contributed by atoms with Gasteiger partial charge in [-0.05, 0) is 48.9 Å². The lowest BCUT2D eigenvalue weighted by molar-refractivity contribution is -0.113. The molecule has 29 heavy (non-hydrogen) atoms. The summed E-state index contributed by atoms with van der Waals surface area (Å²) in [7, 11) is 1.87. The summed E-state index contributed by atoms with van der Waals surface area (Å²) in [5, 5.41) is 6.39. The van der Waals surface area contributed by atoms with Gasteiger partial charge in [-0.3, -0.25) is 9.59 Å². The molecule has 3 aromatic rings. The summed E-state index contributed by atoms with van der Waals surface area (Å²) in [6, 6.07) is 12.4. The lowest BCUT2D eigenvalue weighted by Gasteiger charge is -2.14. The van der Waals surface area contributed by atoms with Crippen molar-refractivity contribution in [1.29, 1.82) is 0 Å². The van der Waals surface area contributed by atoms with Crippen LogP contribution in [0.15, 0.2) is 66.1 Å². The first-order valence-electron chi connectivity index (χ1n) is 8.99. The van der Waals surface area contributed by atoms with E-state index in [0.29, 0.717) is 16.8 Å².